The van der Waals surface area contributed by atoms with Crippen molar-refractivity contribution >= 4 is 29.0 Å². The minimum Gasteiger partial charge on any atom is -0.308 e. The number of rotatable bonds is 2. The molecule has 3 nitrogen and oxygen atoms in total. The van der Waals surface area contributed by atoms with Crippen LogP contribution in [0.3, 0.4) is 0 Å². The summed E-state index contributed by atoms with van der Waals surface area (Å²) in [6.45, 7) is 6.47. The largest absolute Gasteiger partial charge is 0.323 e. The Morgan fingerprint density at radius 1 is 0.857 bits per heavy atom. The van der Waals surface area contributed by atoms with E-state index in [4.69, 9.17) is 11.6 Å². The lowest BCUT2D eigenvalue weighted by Gasteiger charge is -2.19. The molecule has 0 bridgehead atoms. The highest BCUT2D eigenvalue weighted by Crippen LogP contribution is 2.23. The topological polar surface area (TPSA) is 41.1 Å². The summed E-state index contributed by atoms with van der Waals surface area (Å²) in [4.78, 5) is 11.9. The Balaban J connectivity index is 1.98. The van der Waals surface area contributed by atoms with Crippen molar-refractivity contribution in [2.75, 3.05) is 10.6 Å². The molecule has 0 saturated carbocycles. The summed E-state index contributed by atoms with van der Waals surface area (Å²) < 4.78 is 0. The number of halogens is 1. The monoisotopic (exact) mass is 302 g/mol. The molecule has 0 heterocycles. The molecule has 0 radical (unpaired) electrons. The molecule has 0 aliphatic carbocycles. The van der Waals surface area contributed by atoms with E-state index in [1.165, 1.54) is 5.56 Å². The second-order valence-corrected chi connectivity index (χ2v) is 6.35. The summed E-state index contributed by atoms with van der Waals surface area (Å²) in [5, 5.41) is 6.19. The zero-order valence-corrected chi connectivity index (χ0v) is 13.2. The molecule has 0 fully saturated rings. The van der Waals surface area contributed by atoms with Gasteiger partial charge in [0.2, 0.25) is 0 Å². The van der Waals surface area contributed by atoms with Crippen molar-refractivity contribution in [1.29, 1.82) is 0 Å². The van der Waals surface area contributed by atoms with Crippen LogP contribution in [0.25, 0.3) is 0 Å². The Labute approximate surface area is 130 Å². The summed E-state index contributed by atoms with van der Waals surface area (Å²) in [7, 11) is 0. The maximum absolute atomic E-state index is 11.9. The van der Waals surface area contributed by atoms with Gasteiger partial charge in [0.1, 0.15) is 0 Å². The Morgan fingerprint density at radius 2 is 1.29 bits per heavy atom. The van der Waals surface area contributed by atoms with E-state index in [-0.39, 0.29) is 11.4 Å². The molecule has 0 atom stereocenters. The maximum atomic E-state index is 11.9. The molecule has 2 rings (SSSR count). The van der Waals surface area contributed by atoms with Crippen LogP contribution in [0.2, 0.25) is 5.02 Å². The van der Waals surface area contributed by atoms with Gasteiger partial charge in [0.25, 0.3) is 0 Å². The molecule has 110 valence electrons. The molecule has 0 spiro atoms. The molecule has 0 aliphatic heterocycles. The molecule has 2 amide bonds. The third-order valence-corrected chi connectivity index (χ3v) is 3.36. The number of carbonyl (C=O) groups excluding carboxylic acids is 1. The number of anilines is 2. The Kier molecular flexibility index (Phi) is 4.53. The first kappa shape index (κ1) is 15.4. The standard InChI is InChI=1S/C17H19ClN2O/c1-17(2,3)12-4-8-14(9-5-12)19-16(21)20-15-10-6-13(18)7-11-15/h4-11H,1-3H3,(H2,19,20,21). The summed E-state index contributed by atoms with van der Waals surface area (Å²) in [6.07, 6.45) is 0. The highest BCUT2D eigenvalue weighted by atomic mass is 35.5. The molecule has 2 N–H and O–H groups in total. The van der Waals surface area contributed by atoms with Gasteiger partial charge < -0.3 is 10.6 Å². The fourth-order valence-electron chi connectivity index (χ4n) is 1.88. The molecule has 2 aromatic carbocycles. The first-order valence-corrected chi connectivity index (χ1v) is 7.16. The van der Waals surface area contributed by atoms with Gasteiger partial charge >= 0.3 is 6.03 Å². The molecule has 0 aliphatic rings. The van der Waals surface area contributed by atoms with Crippen LogP contribution < -0.4 is 10.6 Å². The number of urea groups is 1. The molecule has 0 aromatic heterocycles. The molecule has 0 unspecified atom stereocenters. The molecule has 21 heavy (non-hydrogen) atoms. The zero-order chi connectivity index (χ0) is 15.5. The van der Waals surface area contributed by atoms with Gasteiger partial charge in [-0.1, -0.05) is 44.5 Å². The summed E-state index contributed by atoms with van der Waals surface area (Å²) in [5.41, 5.74) is 2.79. The van der Waals surface area contributed by atoms with Crippen molar-refractivity contribution in [1.82, 2.24) is 0 Å². The van der Waals surface area contributed by atoms with Crippen LogP contribution in [0, 0.1) is 0 Å². The molecular weight excluding hydrogens is 284 g/mol. The van der Waals surface area contributed by atoms with E-state index >= 15 is 0 Å². The van der Waals surface area contributed by atoms with E-state index in [1.807, 2.05) is 24.3 Å². The highest BCUT2D eigenvalue weighted by molar-refractivity contribution is 6.30. The molecular formula is C17H19ClN2O. The van der Waals surface area contributed by atoms with Crippen molar-refractivity contribution in [2.45, 2.75) is 26.2 Å². The van der Waals surface area contributed by atoms with E-state index in [1.54, 1.807) is 24.3 Å². The van der Waals surface area contributed by atoms with Gasteiger partial charge in [-0.25, -0.2) is 4.79 Å². The smallest absolute Gasteiger partial charge is 0.308 e. The lowest BCUT2D eigenvalue weighted by atomic mass is 9.87. The third-order valence-electron chi connectivity index (χ3n) is 3.11. The van der Waals surface area contributed by atoms with Gasteiger partial charge in [-0.15, -0.1) is 0 Å². The maximum Gasteiger partial charge on any atom is 0.323 e. The number of benzene rings is 2. The fourth-order valence-corrected chi connectivity index (χ4v) is 2.01. The van der Waals surface area contributed by atoms with Crippen molar-refractivity contribution in [3.05, 3.63) is 59.1 Å². The van der Waals surface area contributed by atoms with E-state index < -0.39 is 0 Å². The zero-order valence-electron chi connectivity index (χ0n) is 12.4. The second kappa shape index (κ2) is 6.19. The van der Waals surface area contributed by atoms with Crippen LogP contribution in [-0.4, -0.2) is 6.03 Å². The van der Waals surface area contributed by atoms with Crippen LogP contribution in [-0.2, 0) is 5.41 Å². The minimum atomic E-state index is -0.277. The number of nitrogens with one attached hydrogen (secondary N) is 2. The normalized spacial score (nSPS) is 11.0. The predicted molar refractivity (Wildman–Crippen MR) is 89.2 cm³/mol. The average molecular weight is 303 g/mol. The van der Waals surface area contributed by atoms with E-state index in [2.05, 4.69) is 31.4 Å². The third kappa shape index (κ3) is 4.50. The highest BCUT2D eigenvalue weighted by Gasteiger charge is 2.13. The summed E-state index contributed by atoms with van der Waals surface area (Å²) in [6, 6.07) is 14.6. The van der Waals surface area contributed by atoms with E-state index in [0.29, 0.717) is 10.7 Å². The van der Waals surface area contributed by atoms with Crippen LogP contribution >= 0.6 is 11.6 Å². The van der Waals surface area contributed by atoms with Crippen LogP contribution in [0.1, 0.15) is 26.3 Å². The SMILES string of the molecule is CC(C)(C)c1ccc(NC(=O)Nc2ccc(Cl)cc2)cc1. The van der Waals surface area contributed by atoms with E-state index in [9.17, 15) is 4.79 Å². The summed E-state index contributed by atoms with van der Waals surface area (Å²) in [5.74, 6) is 0. The van der Waals surface area contributed by atoms with Gasteiger partial charge in [0, 0.05) is 16.4 Å². The predicted octanol–water partition coefficient (Wildman–Crippen LogP) is 5.28. The first-order chi connectivity index (χ1) is 9.84. The van der Waals surface area contributed by atoms with Crippen LogP contribution in [0.15, 0.2) is 48.5 Å². The summed E-state index contributed by atoms with van der Waals surface area (Å²) >= 11 is 5.80. The number of amides is 2. The average Bonchev–Trinajstić information content (AvgIpc) is 2.41. The number of hydrogen-bond donors (Lipinski definition) is 2. The fraction of sp³-hybridized carbons (Fsp3) is 0.235. The van der Waals surface area contributed by atoms with Crippen molar-refractivity contribution in [3.63, 3.8) is 0 Å². The van der Waals surface area contributed by atoms with Gasteiger partial charge in [0.05, 0.1) is 0 Å². The van der Waals surface area contributed by atoms with Gasteiger partial charge in [-0.3, -0.25) is 0 Å². The molecule has 2 aromatic rings. The lowest BCUT2D eigenvalue weighted by molar-refractivity contribution is 0.262. The van der Waals surface area contributed by atoms with Crippen molar-refractivity contribution in [3.8, 4) is 0 Å². The van der Waals surface area contributed by atoms with Gasteiger partial charge in [-0.2, -0.15) is 0 Å². The second-order valence-electron chi connectivity index (χ2n) is 5.91. The van der Waals surface area contributed by atoms with Gasteiger partial charge in [-0.05, 0) is 47.4 Å². The Hall–Kier alpha value is -2.00. The van der Waals surface area contributed by atoms with Crippen LogP contribution in [0.4, 0.5) is 16.2 Å². The number of carbonyl (C=O) groups is 1. The number of hydrogen-bond acceptors (Lipinski definition) is 1. The first-order valence-electron chi connectivity index (χ1n) is 6.79. The van der Waals surface area contributed by atoms with Crippen molar-refractivity contribution < 1.29 is 4.79 Å². The Morgan fingerprint density at radius 3 is 1.71 bits per heavy atom. The van der Waals surface area contributed by atoms with Crippen LogP contribution in [0.5, 0.6) is 0 Å². The van der Waals surface area contributed by atoms with E-state index in [0.717, 1.165) is 5.69 Å². The molecule has 4 heteroatoms. The van der Waals surface area contributed by atoms with Crippen molar-refractivity contribution in [2.24, 2.45) is 0 Å². The Bertz CT molecular complexity index is 613. The minimum absolute atomic E-state index is 0.101. The quantitative estimate of drug-likeness (QED) is 0.778. The molecule has 0 saturated heterocycles. The lowest BCUT2D eigenvalue weighted by Crippen LogP contribution is -2.19. The van der Waals surface area contributed by atoms with Gasteiger partial charge in [0.15, 0.2) is 0 Å².